The van der Waals surface area contributed by atoms with Crippen molar-refractivity contribution in [3.8, 4) is 0 Å². The van der Waals surface area contributed by atoms with E-state index in [1.807, 2.05) is 0 Å². The van der Waals surface area contributed by atoms with Crippen molar-refractivity contribution in [1.82, 2.24) is 15.1 Å². The minimum Gasteiger partial charge on any atom is -0.481 e. The van der Waals surface area contributed by atoms with Crippen LogP contribution in [0.1, 0.15) is 42.9 Å². The molecule has 0 aromatic carbocycles. The zero-order chi connectivity index (χ0) is 15.5. The molecule has 0 atom stereocenters. The average molecular weight is 302 g/mol. The van der Waals surface area contributed by atoms with Crippen LogP contribution in [0.15, 0.2) is 0 Å². The van der Waals surface area contributed by atoms with Gasteiger partial charge < -0.3 is 10.4 Å². The number of carboxylic acids is 1. The minimum absolute atomic E-state index is 0.0557. The normalized spacial score (nSPS) is 11.4. The van der Waals surface area contributed by atoms with Gasteiger partial charge in [-0.05, 0) is 19.8 Å². The molecule has 2 N–H and O–H groups in total. The van der Waals surface area contributed by atoms with Crippen molar-refractivity contribution in [1.29, 1.82) is 0 Å². The third-order valence-corrected chi connectivity index (χ3v) is 4.32. The van der Waals surface area contributed by atoms with Gasteiger partial charge in [0.15, 0.2) is 5.69 Å². The summed E-state index contributed by atoms with van der Waals surface area (Å²) >= 11 is 6.03. The molecule has 0 bridgehead atoms. The van der Waals surface area contributed by atoms with Gasteiger partial charge in [0.25, 0.3) is 5.91 Å². The lowest BCUT2D eigenvalue weighted by atomic mass is 9.82. The third-order valence-electron chi connectivity index (χ3n) is 3.87. The maximum Gasteiger partial charge on any atom is 0.311 e. The van der Waals surface area contributed by atoms with Crippen molar-refractivity contribution in [3.05, 3.63) is 16.4 Å². The number of aryl methyl sites for hydroxylation is 1. The number of amides is 1. The highest BCUT2D eigenvalue weighted by molar-refractivity contribution is 6.34. The third kappa shape index (κ3) is 2.95. The maximum absolute atomic E-state index is 12.1. The summed E-state index contributed by atoms with van der Waals surface area (Å²) in [7, 11) is 1.69. The first-order valence-corrected chi connectivity index (χ1v) is 6.87. The highest BCUT2D eigenvalue weighted by Crippen LogP contribution is 2.26. The van der Waals surface area contributed by atoms with Crippen LogP contribution in [0.4, 0.5) is 0 Å². The average Bonchev–Trinajstić information content (AvgIpc) is 2.67. The second kappa shape index (κ2) is 6.26. The van der Waals surface area contributed by atoms with E-state index in [9.17, 15) is 14.7 Å². The van der Waals surface area contributed by atoms with E-state index in [4.69, 9.17) is 11.6 Å². The molecule has 112 valence electrons. The Morgan fingerprint density at radius 3 is 2.30 bits per heavy atom. The molecule has 1 rings (SSSR count). The number of halogens is 1. The first-order chi connectivity index (χ1) is 9.29. The van der Waals surface area contributed by atoms with Crippen molar-refractivity contribution in [2.24, 2.45) is 12.5 Å². The predicted molar refractivity (Wildman–Crippen MR) is 75.9 cm³/mol. The number of hydrogen-bond donors (Lipinski definition) is 2. The minimum atomic E-state index is -0.952. The summed E-state index contributed by atoms with van der Waals surface area (Å²) in [6.07, 6.45) is 0.877. The fourth-order valence-corrected chi connectivity index (χ4v) is 2.18. The van der Waals surface area contributed by atoms with Crippen LogP contribution in [-0.2, 0) is 11.8 Å². The van der Waals surface area contributed by atoms with Crippen molar-refractivity contribution >= 4 is 23.5 Å². The molecule has 0 aliphatic carbocycles. The standard InChI is InChI=1S/C13H20ClN3O3/c1-5-13(6-2,12(19)20)7-15-11(18)10-9(14)8(3)17(4)16-10/h5-7H2,1-4H3,(H,15,18)(H,19,20). The molecule has 7 heteroatoms. The summed E-state index contributed by atoms with van der Waals surface area (Å²) in [6, 6.07) is 0. The molecule has 1 aromatic heterocycles. The highest BCUT2D eigenvalue weighted by atomic mass is 35.5. The Morgan fingerprint density at radius 2 is 1.95 bits per heavy atom. The molecular weight excluding hydrogens is 282 g/mol. The summed E-state index contributed by atoms with van der Waals surface area (Å²) in [5.41, 5.74) is -0.142. The Labute approximate surface area is 123 Å². The molecule has 6 nitrogen and oxygen atoms in total. The van der Waals surface area contributed by atoms with Crippen molar-refractivity contribution in [3.63, 3.8) is 0 Å². The zero-order valence-corrected chi connectivity index (χ0v) is 12.9. The summed E-state index contributed by atoms with van der Waals surface area (Å²) in [4.78, 5) is 23.4. The Hall–Kier alpha value is -1.56. The van der Waals surface area contributed by atoms with Crippen LogP contribution in [-0.4, -0.2) is 33.3 Å². The summed E-state index contributed by atoms with van der Waals surface area (Å²) in [5, 5.41) is 16.3. The highest BCUT2D eigenvalue weighted by Gasteiger charge is 2.35. The van der Waals surface area contributed by atoms with E-state index in [-0.39, 0.29) is 12.2 Å². The number of carbonyl (C=O) groups is 2. The fourth-order valence-electron chi connectivity index (χ4n) is 1.94. The van der Waals surface area contributed by atoms with Gasteiger partial charge in [-0.2, -0.15) is 5.10 Å². The van der Waals surface area contributed by atoms with Gasteiger partial charge in [0.1, 0.15) is 0 Å². The maximum atomic E-state index is 12.1. The largest absolute Gasteiger partial charge is 0.481 e. The number of aliphatic carboxylic acids is 1. The predicted octanol–water partition coefficient (Wildman–Crippen LogP) is 2.00. The van der Waals surface area contributed by atoms with Gasteiger partial charge in [-0.15, -0.1) is 0 Å². The lowest BCUT2D eigenvalue weighted by molar-refractivity contribution is -0.149. The van der Waals surface area contributed by atoms with Crippen molar-refractivity contribution < 1.29 is 14.7 Å². The molecule has 0 unspecified atom stereocenters. The lowest BCUT2D eigenvalue weighted by Crippen LogP contribution is -2.42. The first-order valence-electron chi connectivity index (χ1n) is 6.49. The summed E-state index contributed by atoms with van der Waals surface area (Å²) < 4.78 is 1.52. The van der Waals surface area contributed by atoms with E-state index in [1.165, 1.54) is 4.68 Å². The van der Waals surface area contributed by atoms with Crippen LogP contribution in [0.2, 0.25) is 5.02 Å². The van der Waals surface area contributed by atoms with E-state index in [0.29, 0.717) is 23.6 Å². The lowest BCUT2D eigenvalue weighted by Gasteiger charge is -2.26. The van der Waals surface area contributed by atoms with Gasteiger partial charge in [-0.3, -0.25) is 14.3 Å². The molecule has 0 saturated heterocycles. The molecule has 1 heterocycles. The van der Waals surface area contributed by atoms with Gasteiger partial charge in [0.05, 0.1) is 16.1 Å². The van der Waals surface area contributed by atoms with E-state index in [2.05, 4.69) is 10.4 Å². The molecule has 1 aromatic rings. The number of nitrogens with zero attached hydrogens (tertiary/aromatic N) is 2. The van der Waals surface area contributed by atoms with Crippen LogP contribution >= 0.6 is 11.6 Å². The SMILES string of the molecule is CCC(CC)(CNC(=O)c1nn(C)c(C)c1Cl)C(=O)O. The first kappa shape index (κ1) is 16.5. The van der Waals surface area contributed by atoms with Gasteiger partial charge in [-0.1, -0.05) is 25.4 Å². The van der Waals surface area contributed by atoms with Crippen LogP contribution in [0, 0.1) is 12.3 Å². The molecule has 0 saturated carbocycles. The van der Waals surface area contributed by atoms with Gasteiger partial charge in [0, 0.05) is 13.6 Å². The summed E-state index contributed by atoms with van der Waals surface area (Å²) in [5.74, 6) is -1.36. The van der Waals surface area contributed by atoms with E-state index in [0.717, 1.165) is 0 Å². The molecule has 0 radical (unpaired) electrons. The number of aromatic nitrogens is 2. The Kier molecular flexibility index (Phi) is 5.16. The van der Waals surface area contributed by atoms with E-state index < -0.39 is 17.3 Å². The van der Waals surface area contributed by atoms with Crippen LogP contribution in [0.25, 0.3) is 0 Å². The summed E-state index contributed by atoms with van der Waals surface area (Å²) in [6.45, 7) is 5.40. The van der Waals surface area contributed by atoms with Gasteiger partial charge >= 0.3 is 5.97 Å². The second-order valence-corrected chi connectivity index (χ2v) is 5.22. The van der Waals surface area contributed by atoms with Crippen molar-refractivity contribution in [2.45, 2.75) is 33.6 Å². The zero-order valence-electron chi connectivity index (χ0n) is 12.2. The molecule has 0 aliphatic rings. The van der Waals surface area contributed by atoms with Crippen LogP contribution in [0.3, 0.4) is 0 Å². The van der Waals surface area contributed by atoms with Crippen LogP contribution < -0.4 is 5.32 Å². The fraction of sp³-hybridized carbons (Fsp3) is 0.615. The van der Waals surface area contributed by atoms with Crippen molar-refractivity contribution in [2.75, 3.05) is 6.54 Å². The number of hydrogen-bond acceptors (Lipinski definition) is 3. The number of rotatable bonds is 6. The number of carboxylic acid groups (broad SMARTS) is 1. The van der Waals surface area contributed by atoms with Gasteiger partial charge in [-0.25, -0.2) is 0 Å². The second-order valence-electron chi connectivity index (χ2n) is 4.85. The number of nitrogens with one attached hydrogen (secondary N) is 1. The van der Waals surface area contributed by atoms with E-state index in [1.54, 1.807) is 27.8 Å². The molecule has 20 heavy (non-hydrogen) atoms. The molecule has 0 aliphatic heterocycles. The monoisotopic (exact) mass is 301 g/mol. The molecule has 1 amide bonds. The Bertz CT molecular complexity index is 521. The molecular formula is C13H20ClN3O3. The topological polar surface area (TPSA) is 84.2 Å². The smallest absolute Gasteiger partial charge is 0.311 e. The molecule has 0 spiro atoms. The number of carbonyl (C=O) groups excluding carboxylic acids is 1. The Morgan fingerprint density at radius 1 is 1.40 bits per heavy atom. The van der Waals surface area contributed by atoms with Gasteiger partial charge in [0.2, 0.25) is 0 Å². The Balaban J connectivity index is 2.86. The van der Waals surface area contributed by atoms with Crippen LogP contribution in [0.5, 0.6) is 0 Å². The van der Waals surface area contributed by atoms with E-state index >= 15 is 0 Å². The quantitative estimate of drug-likeness (QED) is 0.841. The molecule has 0 fully saturated rings.